The van der Waals surface area contributed by atoms with E-state index in [2.05, 4.69) is 27.1 Å². The first-order chi connectivity index (χ1) is 12.7. The summed E-state index contributed by atoms with van der Waals surface area (Å²) in [6.07, 6.45) is 6.17. The van der Waals surface area contributed by atoms with Crippen LogP contribution in [-0.4, -0.2) is 29.8 Å². The van der Waals surface area contributed by atoms with Gasteiger partial charge >= 0.3 is 0 Å². The van der Waals surface area contributed by atoms with Crippen molar-refractivity contribution in [2.45, 2.75) is 6.42 Å². The number of nitrogens with zero attached hydrogens (tertiary/aromatic N) is 3. The first kappa shape index (κ1) is 16.0. The van der Waals surface area contributed by atoms with Crippen LogP contribution in [-0.2, 0) is 0 Å². The van der Waals surface area contributed by atoms with E-state index in [4.69, 9.17) is 4.74 Å². The van der Waals surface area contributed by atoms with Crippen LogP contribution in [0.1, 0.15) is 17.7 Å². The van der Waals surface area contributed by atoms with Crippen LogP contribution in [0.15, 0.2) is 41.5 Å². The van der Waals surface area contributed by atoms with E-state index in [0.717, 1.165) is 23.1 Å². The molecular weight excluding hydrogens is 331 g/mol. The van der Waals surface area contributed by atoms with Crippen LogP contribution in [0.5, 0.6) is 5.75 Å². The van der Waals surface area contributed by atoms with Crippen molar-refractivity contribution in [3.05, 3.63) is 53.6 Å². The van der Waals surface area contributed by atoms with Crippen molar-refractivity contribution in [3.63, 3.8) is 0 Å². The molecule has 1 aliphatic rings. The van der Waals surface area contributed by atoms with Gasteiger partial charge in [0.2, 0.25) is 0 Å². The second-order valence-electron chi connectivity index (χ2n) is 5.93. The lowest BCUT2D eigenvalue weighted by molar-refractivity contribution is 0.415. The molecule has 0 radical (unpaired) electrons. The number of pyridine rings is 1. The summed E-state index contributed by atoms with van der Waals surface area (Å²) in [6.45, 7) is 0.645. The maximum atomic E-state index is 13.9. The number of nitriles is 1. The van der Waals surface area contributed by atoms with Crippen LogP contribution in [0.2, 0.25) is 0 Å². The SMILES string of the molecule is COc1ccc(F)cc1-c1c(C#N)cnc2[nH]c(C3=CCN=CC3)cc12. The maximum Gasteiger partial charge on any atom is 0.138 e. The molecule has 0 amide bonds. The Labute approximate surface area is 149 Å². The number of H-pyrrole nitrogens is 1. The van der Waals surface area contributed by atoms with E-state index < -0.39 is 5.82 Å². The average Bonchev–Trinajstić information content (AvgIpc) is 3.12. The average molecular weight is 346 g/mol. The van der Waals surface area contributed by atoms with Gasteiger partial charge in [0.05, 0.1) is 19.2 Å². The zero-order valence-corrected chi connectivity index (χ0v) is 14.1. The third-order valence-corrected chi connectivity index (χ3v) is 4.44. The predicted octanol–water partition coefficient (Wildman–Crippen LogP) is 4.11. The smallest absolute Gasteiger partial charge is 0.138 e. The first-order valence-electron chi connectivity index (χ1n) is 8.14. The van der Waals surface area contributed by atoms with Gasteiger partial charge in [-0.3, -0.25) is 4.99 Å². The third kappa shape index (κ3) is 2.64. The van der Waals surface area contributed by atoms with Gasteiger partial charge in [-0.2, -0.15) is 5.26 Å². The largest absolute Gasteiger partial charge is 0.496 e. The molecule has 26 heavy (non-hydrogen) atoms. The topological polar surface area (TPSA) is 74.1 Å². The summed E-state index contributed by atoms with van der Waals surface area (Å²) in [7, 11) is 1.52. The van der Waals surface area contributed by atoms with Crippen molar-refractivity contribution in [1.29, 1.82) is 5.26 Å². The number of aliphatic imine (C=N–C) groups is 1. The predicted molar refractivity (Wildman–Crippen MR) is 98.7 cm³/mol. The molecule has 6 heteroatoms. The number of allylic oxidation sites excluding steroid dienone is 1. The Morgan fingerprint density at radius 2 is 2.19 bits per heavy atom. The van der Waals surface area contributed by atoms with Crippen LogP contribution < -0.4 is 4.74 Å². The molecular formula is C20H15FN4O. The fourth-order valence-electron chi connectivity index (χ4n) is 3.20. The summed E-state index contributed by atoms with van der Waals surface area (Å²) >= 11 is 0. The summed E-state index contributed by atoms with van der Waals surface area (Å²) in [5, 5.41) is 10.3. The second kappa shape index (κ2) is 6.45. The van der Waals surface area contributed by atoms with Crippen LogP contribution in [0, 0.1) is 17.1 Å². The Morgan fingerprint density at radius 1 is 1.31 bits per heavy atom. The highest BCUT2D eigenvalue weighted by atomic mass is 19.1. The molecule has 0 saturated heterocycles. The van der Waals surface area contributed by atoms with Gasteiger partial charge in [-0.1, -0.05) is 6.08 Å². The third-order valence-electron chi connectivity index (χ3n) is 4.44. The molecule has 1 N–H and O–H groups in total. The summed E-state index contributed by atoms with van der Waals surface area (Å²) in [4.78, 5) is 11.9. The van der Waals surface area contributed by atoms with E-state index in [1.54, 1.807) is 6.07 Å². The molecule has 128 valence electrons. The molecule has 3 heterocycles. The van der Waals surface area contributed by atoms with Gasteiger partial charge in [0.15, 0.2) is 0 Å². The number of aromatic amines is 1. The standard InChI is InChI=1S/C20H15FN4O/c1-26-18-3-2-14(21)8-15(18)19-13(10-22)11-24-20-16(19)9-17(25-20)12-4-6-23-7-5-12/h2-4,7-9,11H,5-6H2,1H3,(H,24,25). The normalized spacial score (nSPS) is 13.5. The lowest BCUT2D eigenvalue weighted by Gasteiger charge is -2.11. The van der Waals surface area contributed by atoms with Crippen molar-refractivity contribution in [3.8, 4) is 22.9 Å². The molecule has 1 aliphatic heterocycles. The zero-order chi connectivity index (χ0) is 18.1. The number of dihydropyridines is 1. The number of halogens is 1. The summed E-state index contributed by atoms with van der Waals surface area (Å²) < 4.78 is 19.3. The summed E-state index contributed by atoms with van der Waals surface area (Å²) in [5.74, 6) is 0.110. The van der Waals surface area contributed by atoms with E-state index >= 15 is 0 Å². The van der Waals surface area contributed by atoms with E-state index in [0.29, 0.717) is 34.6 Å². The van der Waals surface area contributed by atoms with Crippen LogP contribution >= 0.6 is 0 Å². The van der Waals surface area contributed by atoms with E-state index in [9.17, 15) is 9.65 Å². The van der Waals surface area contributed by atoms with E-state index in [1.807, 2.05) is 12.3 Å². The minimum atomic E-state index is -0.392. The maximum absolute atomic E-state index is 13.9. The van der Waals surface area contributed by atoms with Crippen molar-refractivity contribution >= 4 is 22.8 Å². The monoisotopic (exact) mass is 346 g/mol. The summed E-state index contributed by atoms with van der Waals surface area (Å²) in [6, 6.07) is 8.39. The molecule has 0 unspecified atom stereocenters. The lowest BCUT2D eigenvalue weighted by Crippen LogP contribution is -1.94. The quantitative estimate of drug-likeness (QED) is 0.775. The number of rotatable bonds is 3. The number of ether oxygens (including phenoxy) is 1. The Kier molecular flexibility index (Phi) is 3.98. The number of fused-ring (bicyclic) bond motifs is 1. The molecule has 5 nitrogen and oxygen atoms in total. The van der Waals surface area contributed by atoms with Crippen molar-refractivity contribution in [2.24, 2.45) is 4.99 Å². The highest BCUT2D eigenvalue weighted by Gasteiger charge is 2.19. The Balaban J connectivity index is 1.99. The molecule has 0 fully saturated rings. The molecule has 4 rings (SSSR count). The minimum absolute atomic E-state index is 0.367. The molecule has 0 bridgehead atoms. The van der Waals surface area contributed by atoms with Gasteiger partial charge in [-0.25, -0.2) is 9.37 Å². The van der Waals surface area contributed by atoms with Gasteiger partial charge in [0.1, 0.15) is 23.3 Å². The number of methoxy groups -OCH3 is 1. The van der Waals surface area contributed by atoms with Gasteiger partial charge < -0.3 is 9.72 Å². The number of aromatic nitrogens is 2. The number of hydrogen-bond donors (Lipinski definition) is 1. The van der Waals surface area contributed by atoms with E-state index in [-0.39, 0.29) is 0 Å². The molecule has 2 aromatic heterocycles. The molecule has 1 aromatic carbocycles. The van der Waals surface area contributed by atoms with Crippen LogP contribution in [0.3, 0.4) is 0 Å². The number of nitrogens with one attached hydrogen (secondary N) is 1. The molecule has 3 aromatic rings. The Bertz CT molecular complexity index is 1100. The first-order valence-corrected chi connectivity index (χ1v) is 8.14. The fourth-order valence-corrected chi connectivity index (χ4v) is 3.20. The highest BCUT2D eigenvalue weighted by Crippen LogP contribution is 2.38. The summed E-state index contributed by atoms with van der Waals surface area (Å²) in [5.41, 5.74) is 4.19. The van der Waals surface area contributed by atoms with Crippen LogP contribution in [0.25, 0.3) is 27.7 Å². The second-order valence-corrected chi connectivity index (χ2v) is 5.93. The van der Waals surface area contributed by atoms with Gasteiger partial charge in [0, 0.05) is 41.0 Å². The Hall–Kier alpha value is -3.46. The fraction of sp³-hybridized carbons (Fsp3) is 0.150. The van der Waals surface area contributed by atoms with Crippen molar-refractivity contribution < 1.29 is 9.13 Å². The number of hydrogen-bond acceptors (Lipinski definition) is 4. The van der Waals surface area contributed by atoms with Gasteiger partial charge in [-0.15, -0.1) is 0 Å². The molecule has 0 aliphatic carbocycles. The van der Waals surface area contributed by atoms with Crippen LogP contribution in [0.4, 0.5) is 4.39 Å². The highest BCUT2D eigenvalue weighted by molar-refractivity contribution is 6.00. The number of benzene rings is 1. The zero-order valence-electron chi connectivity index (χ0n) is 14.1. The molecule has 0 spiro atoms. The van der Waals surface area contributed by atoms with E-state index in [1.165, 1.54) is 25.4 Å². The Morgan fingerprint density at radius 3 is 2.92 bits per heavy atom. The lowest BCUT2D eigenvalue weighted by atomic mass is 9.97. The molecule has 0 atom stereocenters. The van der Waals surface area contributed by atoms with Crippen molar-refractivity contribution in [1.82, 2.24) is 9.97 Å². The van der Waals surface area contributed by atoms with Gasteiger partial charge in [-0.05, 0) is 29.8 Å². The van der Waals surface area contributed by atoms with Gasteiger partial charge in [0.25, 0.3) is 0 Å². The minimum Gasteiger partial charge on any atom is -0.496 e. The van der Waals surface area contributed by atoms with Crippen molar-refractivity contribution in [2.75, 3.05) is 13.7 Å². The molecule has 0 saturated carbocycles.